The van der Waals surface area contributed by atoms with Crippen LogP contribution in [0.4, 0.5) is 14.6 Å². The van der Waals surface area contributed by atoms with Crippen LogP contribution < -0.4 is 5.43 Å². The van der Waals surface area contributed by atoms with E-state index in [-0.39, 0.29) is 5.56 Å². The third-order valence-electron chi connectivity index (χ3n) is 3.30. The number of halogens is 2. The number of aryl methyl sites for hydroxylation is 2. The van der Waals surface area contributed by atoms with Gasteiger partial charge in [0.15, 0.2) is 5.82 Å². The van der Waals surface area contributed by atoms with Crippen LogP contribution in [0.2, 0.25) is 0 Å². The molecule has 0 atom stereocenters. The summed E-state index contributed by atoms with van der Waals surface area (Å²) in [6, 6.07) is 3.32. The molecule has 0 unspecified atom stereocenters. The van der Waals surface area contributed by atoms with Crippen LogP contribution in [0.3, 0.4) is 0 Å². The fourth-order valence-electron chi connectivity index (χ4n) is 2.04. The van der Waals surface area contributed by atoms with Gasteiger partial charge in [0.1, 0.15) is 22.8 Å². The maximum atomic E-state index is 13.5. The molecule has 112 valence electrons. The molecule has 0 amide bonds. The van der Waals surface area contributed by atoms with Gasteiger partial charge in [-0.15, -0.1) is 11.3 Å². The summed E-state index contributed by atoms with van der Waals surface area (Å²) in [5.74, 6) is -0.726. The highest BCUT2D eigenvalue weighted by Gasteiger charge is 2.11. The number of hydrazone groups is 1. The molecule has 22 heavy (non-hydrogen) atoms. The van der Waals surface area contributed by atoms with Crippen molar-refractivity contribution in [1.82, 2.24) is 9.97 Å². The first-order valence-electron chi connectivity index (χ1n) is 6.51. The summed E-state index contributed by atoms with van der Waals surface area (Å²) in [4.78, 5) is 10.4. The number of rotatable bonds is 3. The van der Waals surface area contributed by atoms with E-state index >= 15 is 0 Å². The van der Waals surface area contributed by atoms with Gasteiger partial charge in [-0.05, 0) is 31.5 Å². The summed E-state index contributed by atoms with van der Waals surface area (Å²) in [5.41, 5.74) is 4.08. The Morgan fingerprint density at radius 1 is 1.23 bits per heavy atom. The van der Waals surface area contributed by atoms with Gasteiger partial charge in [0.25, 0.3) is 0 Å². The minimum Gasteiger partial charge on any atom is -0.261 e. The predicted octanol–water partition coefficient (Wildman–Crippen LogP) is 4.03. The highest BCUT2D eigenvalue weighted by Crippen LogP contribution is 2.32. The average Bonchev–Trinajstić information content (AvgIpc) is 2.77. The maximum absolute atomic E-state index is 13.5. The molecule has 0 spiro atoms. The minimum absolute atomic E-state index is 0.192. The molecule has 1 N–H and O–H groups in total. The summed E-state index contributed by atoms with van der Waals surface area (Å²) in [5, 5.41) is 4.88. The normalized spacial score (nSPS) is 11.5. The number of thiophene rings is 1. The van der Waals surface area contributed by atoms with Crippen molar-refractivity contribution in [3.8, 4) is 0 Å². The fourth-order valence-corrected chi connectivity index (χ4v) is 3.03. The molecule has 1 aromatic carbocycles. The molecule has 0 fully saturated rings. The lowest BCUT2D eigenvalue weighted by molar-refractivity contribution is 0.582. The fraction of sp³-hybridized carbons (Fsp3) is 0.133. The van der Waals surface area contributed by atoms with E-state index in [0.29, 0.717) is 5.82 Å². The van der Waals surface area contributed by atoms with E-state index in [0.717, 1.165) is 26.7 Å². The molecule has 2 aromatic heterocycles. The zero-order valence-electron chi connectivity index (χ0n) is 11.9. The molecule has 4 nitrogen and oxygen atoms in total. The van der Waals surface area contributed by atoms with Gasteiger partial charge >= 0.3 is 0 Å². The summed E-state index contributed by atoms with van der Waals surface area (Å²) in [7, 11) is 0. The number of anilines is 1. The summed E-state index contributed by atoms with van der Waals surface area (Å²) >= 11 is 1.58. The van der Waals surface area contributed by atoms with Crippen LogP contribution in [0, 0.1) is 25.5 Å². The van der Waals surface area contributed by atoms with Gasteiger partial charge in [0.2, 0.25) is 0 Å². The minimum atomic E-state index is -0.666. The molecular formula is C15H12F2N4S. The zero-order chi connectivity index (χ0) is 15.7. The van der Waals surface area contributed by atoms with Gasteiger partial charge in [-0.3, -0.25) is 5.43 Å². The van der Waals surface area contributed by atoms with Gasteiger partial charge in [0.05, 0.1) is 11.6 Å². The van der Waals surface area contributed by atoms with Crippen molar-refractivity contribution in [3.63, 3.8) is 0 Å². The summed E-state index contributed by atoms with van der Waals surface area (Å²) in [6.45, 7) is 4.01. The number of hydrogen-bond acceptors (Lipinski definition) is 5. The van der Waals surface area contributed by atoms with Gasteiger partial charge in [-0.2, -0.15) is 5.10 Å². The van der Waals surface area contributed by atoms with E-state index in [1.165, 1.54) is 24.7 Å². The van der Waals surface area contributed by atoms with Crippen LogP contribution in [0.15, 0.2) is 29.6 Å². The van der Waals surface area contributed by atoms with Crippen LogP contribution in [0.1, 0.15) is 16.0 Å². The molecule has 7 heteroatoms. The number of nitrogens with one attached hydrogen (secondary N) is 1. The lowest BCUT2D eigenvalue weighted by atomic mass is 10.2. The van der Waals surface area contributed by atoms with E-state index < -0.39 is 11.6 Å². The Hall–Kier alpha value is -2.41. The zero-order valence-corrected chi connectivity index (χ0v) is 12.7. The lowest BCUT2D eigenvalue weighted by Crippen LogP contribution is -1.97. The molecule has 3 aromatic rings. The second kappa shape index (κ2) is 5.76. The number of benzene rings is 1. The van der Waals surface area contributed by atoms with Crippen molar-refractivity contribution in [2.24, 2.45) is 5.10 Å². The Balaban J connectivity index is 1.89. The first-order valence-corrected chi connectivity index (χ1v) is 7.32. The quantitative estimate of drug-likeness (QED) is 0.586. The SMILES string of the molecule is Cc1sc2ncnc(NN=Cc3ccc(F)cc3F)c2c1C. The van der Waals surface area contributed by atoms with E-state index in [9.17, 15) is 8.78 Å². The second-order valence-corrected chi connectivity index (χ2v) is 5.92. The molecule has 0 saturated heterocycles. The van der Waals surface area contributed by atoms with Crippen LogP contribution in [-0.4, -0.2) is 16.2 Å². The van der Waals surface area contributed by atoms with Gasteiger partial charge in [-0.1, -0.05) is 0 Å². The third kappa shape index (κ3) is 2.67. The molecular weight excluding hydrogens is 306 g/mol. The molecule has 2 heterocycles. The van der Waals surface area contributed by atoms with Crippen LogP contribution in [-0.2, 0) is 0 Å². The van der Waals surface area contributed by atoms with Gasteiger partial charge < -0.3 is 0 Å². The topological polar surface area (TPSA) is 50.2 Å². The van der Waals surface area contributed by atoms with Crippen molar-refractivity contribution >= 4 is 33.6 Å². The Kier molecular flexibility index (Phi) is 3.81. The third-order valence-corrected chi connectivity index (χ3v) is 4.42. The van der Waals surface area contributed by atoms with Crippen molar-refractivity contribution in [1.29, 1.82) is 0 Å². The van der Waals surface area contributed by atoms with Crippen molar-refractivity contribution < 1.29 is 8.78 Å². The molecule has 0 bridgehead atoms. The standard InChI is InChI=1S/C15H12F2N4S/c1-8-9(2)22-15-13(8)14(18-7-19-15)21-20-6-10-3-4-11(16)5-12(10)17/h3-7H,1-2H3,(H,18,19,21). The van der Waals surface area contributed by atoms with Crippen molar-refractivity contribution in [2.45, 2.75) is 13.8 Å². The second-order valence-electron chi connectivity index (χ2n) is 4.72. The van der Waals surface area contributed by atoms with E-state index in [2.05, 4.69) is 20.5 Å². The number of nitrogens with zero attached hydrogens (tertiary/aromatic N) is 3. The van der Waals surface area contributed by atoms with Crippen LogP contribution in [0.5, 0.6) is 0 Å². The van der Waals surface area contributed by atoms with Gasteiger partial charge in [0, 0.05) is 16.5 Å². The van der Waals surface area contributed by atoms with Crippen molar-refractivity contribution in [3.05, 3.63) is 52.2 Å². The molecule has 0 aliphatic heterocycles. The average molecular weight is 318 g/mol. The maximum Gasteiger partial charge on any atom is 0.158 e. The van der Waals surface area contributed by atoms with E-state index in [1.54, 1.807) is 11.3 Å². The first-order chi connectivity index (χ1) is 10.6. The Morgan fingerprint density at radius 3 is 2.82 bits per heavy atom. The lowest BCUT2D eigenvalue weighted by Gasteiger charge is -2.02. The molecule has 0 saturated carbocycles. The molecule has 0 radical (unpaired) electrons. The molecule has 3 rings (SSSR count). The summed E-state index contributed by atoms with van der Waals surface area (Å²) in [6.07, 6.45) is 2.74. The van der Waals surface area contributed by atoms with Crippen LogP contribution >= 0.6 is 11.3 Å². The Labute approximate surface area is 129 Å². The Morgan fingerprint density at radius 2 is 2.05 bits per heavy atom. The highest BCUT2D eigenvalue weighted by molar-refractivity contribution is 7.18. The monoisotopic (exact) mass is 318 g/mol. The Bertz CT molecular complexity index is 873. The van der Waals surface area contributed by atoms with Crippen molar-refractivity contribution in [2.75, 3.05) is 5.43 Å². The first kappa shape index (κ1) is 14.5. The molecule has 0 aliphatic carbocycles. The number of fused-ring (bicyclic) bond motifs is 1. The number of aromatic nitrogens is 2. The largest absolute Gasteiger partial charge is 0.261 e. The van der Waals surface area contributed by atoms with E-state index in [1.807, 2.05) is 13.8 Å². The van der Waals surface area contributed by atoms with E-state index in [4.69, 9.17) is 0 Å². The molecule has 0 aliphatic rings. The predicted molar refractivity (Wildman–Crippen MR) is 84.5 cm³/mol. The van der Waals surface area contributed by atoms with Gasteiger partial charge in [-0.25, -0.2) is 18.7 Å². The highest BCUT2D eigenvalue weighted by atomic mass is 32.1. The van der Waals surface area contributed by atoms with Crippen LogP contribution in [0.25, 0.3) is 10.2 Å². The number of hydrogen-bond donors (Lipinski definition) is 1. The summed E-state index contributed by atoms with van der Waals surface area (Å²) < 4.78 is 26.4. The smallest absolute Gasteiger partial charge is 0.158 e.